The zero-order valence-electron chi connectivity index (χ0n) is 18.8. The zero-order valence-corrected chi connectivity index (χ0v) is 20.4. The number of aromatic nitrogens is 4. The van der Waals surface area contributed by atoms with Crippen LogP contribution >= 0.6 is 15.9 Å². The molecule has 2 aromatic carbocycles. The van der Waals surface area contributed by atoms with E-state index in [1.807, 2.05) is 41.0 Å². The number of rotatable bonds is 4. The van der Waals surface area contributed by atoms with Crippen molar-refractivity contribution in [1.29, 1.82) is 0 Å². The zero-order chi connectivity index (χ0) is 23.1. The standard InChI is InChI=1S/C25H26BrN5O2/c1-28-23-21(24(32)29(2)25(28)33)31(16-17-8-6-10-19(26)14-17)22(27-23)18-9-7-11-20(15-18)30-12-4-3-5-13-30/h6-11,14-15H,3-5,12-13,16H2,1-2H3. The molecule has 0 unspecified atom stereocenters. The molecule has 0 bridgehead atoms. The highest BCUT2D eigenvalue weighted by Gasteiger charge is 2.21. The Morgan fingerprint density at radius 3 is 2.45 bits per heavy atom. The molecule has 0 saturated carbocycles. The van der Waals surface area contributed by atoms with E-state index in [1.165, 1.54) is 30.9 Å². The molecule has 0 spiro atoms. The van der Waals surface area contributed by atoms with Gasteiger partial charge in [0.05, 0.1) is 0 Å². The van der Waals surface area contributed by atoms with Gasteiger partial charge in [-0.1, -0.05) is 40.2 Å². The second kappa shape index (κ2) is 8.67. The SMILES string of the molecule is Cn1c(=O)c2c(nc(-c3cccc(N4CCCCC4)c3)n2Cc2cccc(Br)c2)n(C)c1=O. The van der Waals surface area contributed by atoms with Gasteiger partial charge in [0.1, 0.15) is 5.82 Å². The fraction of sp³-hybridized carbons (Fsp3) is 0.320. The smallest absolute Gasteiger partial charge is 0.332 e. The van der Waals surface area contributed by atoms with E-state index in [2.05, 4.69) is 33.0 Å². The molecule has 1 aliphatic rings. The van der Waals surface area contributed by atoms with Gasteiger partial charge in [0.15, 0.2) is 11.2 Å². The molecule has 0 N–H and O–H groups in total. The van der Waals surface area contributed by atoms with Gasteiger partial charge in [-0.2, -0.15) is 0 Å². The third kappa shape index (κ3) is 3.93. The number of fused-ring (bicyclic) bond motifs is 1. The molecular formula is C25H26BrN5O2. The van der Waals surface area contributed by atoms with Gasteiger partial charge in [-0.15, -0.1) is 0 Å². The summed E-state index contributed by atoms with van der Waals surface area (Å²) >= 11 is 3.54. The number of imidazole rings is 1. The third-order valence-electron chi connectivity index (χ3n) is 6.40. The van der Waals surface area contributed by atoms with E-state index in [-0.39, 0.29) is 11.2 Å². The van der Waals surface area contributed by atoms with E-state index < -0.39 is 0 Å². The van der Waals surface area contributed by atoms with E-state index >= 15 is 0 Å². The molecule has 1 fully saturated rings. The molecule has 8 heteroatoms. The number of halogens is 1. The van der Waals surface area contributed by atoms with Crippen LogP contribution in [0.15, 0.2) is 62.6 Å². The van der Waals surface area contributed by atoms with Crippen molar-refractivity contribution >= 4 is 32.8 Å². The molecular weight excluding hydrogens is 482 g/mol. The van der Waals surface area contributed by atoms with Gasteiger partial charge in [-0.3, -0.25) is 13.9 Å². The Morgan fingerprint density at radius 1 is 0.939 bits per heavy atom. The van der Waals surface area contributed by atoms with Crippen molar-refractivity contribution in [2.75, 3.05) is 18.0 Å². The molecule has 2 aromatic heterocycles. The lowest BCUT2D eigenvalue weighted by atomic mass is 10.1. The van der Waals surface area contributed by atoms with Crippen LogP contribution in [0.1, 0.15) is 24.8 Å². The maximum atomic E-state index is 13.2. The fourth-order valence-corrected chi connectivity index (χ4v) is 5.08. The Bertz CT molecular complexity index is 1460. The van der Waals surface area contributed by atoms with Crippen LogP contribution in [-0.4, -0.2) is 31.8 Å². The number of anilines is 1. The number of piperidine rings is 1. The van der Waals surface area contributed by atoms with Crippen molar-refractivity contribution < 1.29 is 0 Å². The fourth-order valence-electron chi connectivity index (χ4n) is 4.63. The Labute approximate surface area is 200 Å². The van der Waals surface area contributed by atoms with Crippen molar-refractivity contribution in [3.63, 3.8) is 0 Å². The molecule has 1 saturated heterocycles. The molecule has 0 atom stereocenters. The van der Waals surface area contributed by atoms with Crippen LogP contribution in [0.25, 0.3) is 22.6 Å². The maximum Gasteiger partial charge on any atom is 0.332 e. The Morgan fingerprint density at radius 2 is 1.70 bits per heavy atom. The van der Waals surface area contributed by atoms with Crippen molar-refractivity contribution in [3.05, 3.63) is 79.4 Å². The first-order valence-corrected chi connectivity index (χ1v) is 12.0. The summed E-state index contributed by atoms with van der Waals surface area (Å²) < 4.78 is 5.51. The lowest BCUT2D eigenvalue weighted by Gasteiger charge is -2.29. The lowest BCUT2D eigenvalue weighted by molar-refractivity contribution is 0.578. The minimum Gasteiger partial charge on any atom is -0.372 e. The second-order valence-electron chi connectivity index (χ2n) is 8.63. The van der Waals surface area contributed by atoms with Crippen LogP contribution in [0.3, 0.4) is 0 Å². The summed E-state index contributed by atoms with van der Waals surface area (Å²) in [6.45, 7) is 2.56. The Hall–Kier alpha value is -3.13. The van der Waals surface area contributed by atoms with E-state index in [4.69, 9.17) is 4.98 Å². The first kappa shape index (κ1) is 21.7. The topological polar surface area (TPSA) is 65.1 Å². The molecule has 33 heavy (non-hydrogen) atoms. The largest absolute Gasteiger partial charge is 0.372 e. The second-order valence-corrected chi connectivity index (χ2v) is 9.54. The normalized spacial score (nSPS) is 14.2. The van der Waals surface area contributed by atoms with Crippen molar-refractivity contribution in [2.24, 2.45) is 14.1 Å². The minimum absolute atomic E-state index is 0.339. The molecule has 4 aromatic rings. The highest BCUT2D eigenvalue weighted by Crippen LogP contribution is 2.29. The molecule has 0 aliphatic carbocycles. The van der Waals surface area contributed by atoms with E-state index in [0.29, 0.717) is 23.5 Å². The van der Waals surface area contributed by atoms with E-state index in [1.54, 1.807) is 7.05 Å². The number of hydrogen-bond acceptors (Lipinski definition) is 4. The summed E-state index contributed by atoms with van der Waals surface area (Å²) in [5, 5.41) is 0. The van der Waals surface area contributed by atoms with Gasteiger partial charge in [-0.05, 0) is 49.1 Å². The summed E-state index contributed by atoms with van der Waals surface area (Å²) in [5.74, 6) is 0.683. The summed E-state index contributed by atoms with van der Waals surface area (Å²) in [4.78, 5) is 33.0. The van der Waals surface area contributed by atoms with Gasteiger partial charge in [0, 0.05) is 49.5 Å². The third-order valence-corrected chi connectivity index (χ3v) is 6.90. The van der Waals surface area contributed by atoms with Crippen LogP contribution in [0, 0.1) is 0 Å². The lowest BCUT2D eigenvalue weighted by Crippen LogP contribution is -2.37. The summed E-state index contributed by atoms with van der Waals surface area (Å²) in [7, 11) is 3.17. The molecule has 0 radical (unpaired) electrons. The van der Waals surface area contributed by atoms with E-state index in [0.717, 1.165) is 38.9 Å². The van der Waals surface area contributed by atoms with Crippen LogP contribution in [-0.2, 0) is 20.6 Å². The van der Waals surface area contributed by atoms with E-state index in [9.17, 15) is 9.59 Å². The molecule has 3 heterocycles. The molecule has 0 amide bonds. The number of benzene rings is 2. The highest BCUT2D eigenvalue weighted by atomic mass is 79.9. The summed E-state index contributed by atoms with van der Waals surface area (Å²) in [6.07, 6.45) is 3.67. The van der Waals surface area contributed by atoms with Gasteiger partial charge < -0.3 is 9.47 Å². The predicted octanol–water partition coefficient (Wildman–Crippen LogP) is 3.90. The van der Waals surface area contributed by atoms with Crippen LogP contribution in [0.2, 0.25) is 0 Å². The van der Waals surface area contributed by atoms with Crippen LogP contribution in [0.5, 0.6) is 0 Å². The quantitative estimate of drug-likeness (QED) is 0.420. The number of aryl methyl sites for hydroxylation is 1. The molecule has 1 aliphatic heterocycles. The summed E-state index contributed by atoms with van der Waals surface area (Å²) in [5.41, 5.74) is 3.23. The van der Waals surface area contributed by atoms with Crippen molar-refractivity contribution in [2.45, 2.75) is 25.8 Å². The first-order chi connectivity index (χ1) is 15.9. The van der Waals surface area contributed by atoms with Gasteiger partial charge >= 0.3 is 5.69 Å². The minimum atomic E-state index is -0.381. The molecule has 170 valence electrons. The highest BCUT2D eigenvalue weighted by molar-refractivity contribution is 9.10. The van der Waals surface area contributed by atoms with Crippen LogP contribution in [0.4, 0.5) is 5.69 Å². The van der Waals surface area contributed by atoms with Crippen LogP contribution < -0.4 is 16.1 Å². The van der Waals surface area contributed by atoms with Gasteiger partial charge in [0.25, 0.3) is 5.56 Å². The van der Waals surface area contributed by atoms with Gasteiger partial charge in [0.2, 0.25) is 0 Å². The number of hydrogen-bond donors (Lipinski definition) is 0. The Balaban J connectivity index is 1.73. The molecule has 5 rings (SSSR count). The average Bonchev–Trinajstić information content (AvgIpc) is 3.21. The average molecular weight is 508 g/mol. The van der Waals surface area contributed by atoms with Crippen molar-refractivity contribution in [3.8, 4) is 11.4 Å². The molecule has 7 nitrogen and oxygen atoms in total. The monoisotopic (exact) mass is 507 g/mol. The number of nitrogens with zero attached hydrogens (tertiary/aromatic N) is 5. The first-order valence-electron chi connectivity index (χ1n) is 11.2. The predicted molar refractivity (Wildman–Crippen MR) is 135 cm³/mol. The Kier molecular flexibility index (Phi) is 5.70. The maximum absolute atomic E-state index is 13.2. The van der Waals surface area contributed by atoms with Gasteiger partial charge in [-0.25, -0.2) is 9.78 Å². The summed E-state index contributed by atoms with van der Waals surface area (Å²) in [6, 6.07) is 16.3. The van der Waals surface area contributed by atoms with Crippen molar-refractivity contribution in [1.82, 2.24) is 18.7 Å².